The largest absolute Gasteiger partial charge is 0.467 e. The highest BCUT2D eigenvalue weighted by Gasteiger charge is 2.21. The lowest BCUT2D eigenvalue weighted by Gasteiger charge is -2.34. The molecule has 1 aliphatic rings. The van der Waals surface area contributed by atoms with Crippen LogP contribution in [0.5, 0.6) is 0 Å². The first-order chi connectivity index (χ1) is 11.3. The fourth-order valence-corrected chi connectivity index (χ4v) is 2.67. The van der Waals surface area contributed by atoms with E-state index in [2.05, 4.69) is 22.1 Å². The first kappa shape index (κ1) is 17.8. The molecule has 0 aromatic carbocycles. The summed E-state index contributed by atoms with van der Waals surface area (Å²) < 4.78 is 16.3. The van der Waals surface area contributed by atoms with E-state index in [1.165, 1.54) is 0 Å². The number of hydrogen-bond donors (Lipinski definition) is 1. The van der Waals surface area contributed by atoms with Crippen LogP contribution < -0.4 is 5.32 Å². The summed E-state index contributed by atoms with van der Waals surface area (Å²) in [5.41, 5.74) is 0. The number of likely N-dealkylation sites (tertiary alicyclic amines) is 1. The quantitative estimate of drug-likeness (QED) is 0.452. The standard InChI is InChI=1S/C17H29N3O3/c1-3-18-17(19-14-16-6-4-12-23-16)20-9-7-15(8-10-20)22-13-5-11-21-2/h4,6,12,15H,3,5,7-11,13-14H2,1-2H3,(H,18,19). The molecule has 6 nitrogen and oxygen atoms in total. The molecule has 0 spiro atoms. The van der Waals surface area contributed by atoms with E-state index in [0.29, 0.717) is 12.6 Å². The molecule has 6 heteroatoms. The molecule has 1 aromatic heterocycles. The SMILES string of the molecule is CCNC(=NCc1ccco1)N1CCC(OCCCOC)CC1. The van der Waals surface area contributed by atoms with Crippen molar-refractivity contribution >= 4 is 5.96 Å². The van der Waals surface area contributed by atoms with Crippen LogP contribution >= 0.6 is 0 Å². The maximum atomic E-state index is 5.91. The Morgan fingerprint density at radius 3 is 2.87 bits per heavy atom. The van der Waals surface area contributed by atoms with E-state index in [1.807, 2.05) is 12.1 Å². The van der Waals surface area contributed by atoms with Crippen molar-refractivity contribution in [2.75, 3.05) is 40.0 Å². The van der Waals surface area contributed by atoms with Gasteiger partial charge < -0.3 is 24.1 Å². The molecule has 23 heavy (non-hydrogen) atoms. The Bertz CT molecular complexity index is 440. The molecule has 1 aliphatic heterocycles. The smallest absolute Gasteiger partial charge is 0.194 e. The van der Waals surface area contributed by atoms with Crippen LogP contribution in [0.3, 0.4) is 0 Å². The highest BCUT2D eigenvalue weighted by molar-refractivity contribution is 5.80. The Hall–Kier alpha value is -1.53. The number of aliphatic imine (C=N–C) groups is 1. The zero-order valence-electron chi connectivity index (χ0n) is 14.3. The van der Waals surface area contributed by atoms with Gasteiger partial charge in [-0.1, -0.05) is 0 Å². The molecule has 1 fully saturated rings. The Kier molecular flexibility index (Phi) is 7.97. The molecular weight excluding hydrogens is 294 g/mol. The van der Waals surface area contributed by atoms with Crippen LogP contribution in [0.4, 0.5) is 0 Å². The van der Waals surface area contributed by atoms with Gasteiger partial charge in [0.2, 0.25) is 0 Å². The molecule has 130 valence electrons. The van der Waals surface area contributed by atoms with Crippen molar-refractivity contribution < 1.29 is 13.9 Å². The molecular formula is C17H29N3O3. The molecule has 1 N–H and O–H groups in total. The Balaban J connectivity index is 1.77. The summed E-state index contributed by atoms with van der Waals surface area (Å²) >= 11 is 0. The maximum absolute atomic E-state index is 5.91. The molecule has 0 atom stereocenters. The summed E-state index contributed by atoms with van der Waals surface area (Å²) in [6.07, 6.45) is 5.08. The van der Waals surface area contributed by atoms with Gasteiger partial charge in [0.1, 0.15) is 12.3 Å². The minimum absolute atomic E-state index is 0.357. The monoisotopic (exact) mass is 323 g/mol. The van der Waals surface area contributed by atoms with E-state index in [9.17, 15) is 0 Å². The summed E-state index contributed by atoms with van der Waals surface area (Å²) in [7, 11) is 1.73. The van der Waals surface area contributed by atoms with Crippen LogP contribution in [0.15, 0.2) is 27.8 Å². The van der Waals surface area contributed by atoms with Crippen LogP contribution in [0.1, 0.15) is 31.9 Å². The number of furan rings is 1. The van der Waals surface area contributed by atoms with E-state index >= 15 is 0 Å². The van der Waals surface area contributed by atoms with Crippen molar-refractivity contribution in [3.05, 3.63) is 24.2 Å². The number of guanidine groups is 1. The zero-order valence-corrected chi connectivity index (χ0v) is 14.3. The van der Waals surface area contributed by atoms with E-state index in [0.717, 1.165) is 63.8 Å². The fourth-order valence-electron chi connectivity index (χ4n) is 2.67. The normalized spacial score (nSPS) is 16.8. The van der Waals surface area contributed by atoms with Gasteiger partial charge in [0.05, 0.1) is 12.4 Å². The second-order valence-electron chi connectivity index (χ2n) is 5.65. The third-order valence-corrected chi connectivity index (χ3v) is 3.89. The molecule has 0 unspecified atom stereocenters. The number of rotatable bonds is 8. The predicted octanol–water partition coefficient (Wildman–Crippen LogP) is 2.26. The number of nitrogens with zero attached hydrogens (tertiary/aromatic N) is 2. The molecule has 1 saturated heterocycles. The minimum Gasteiger partial charge on any atom is -0.467 e. The third-order valence-electron chi connectivity index (χ3n) is 3.89. The average Bonchev–Trinajstić information content (AvgIpc) is 3.10. The van der Waals surface area contributed by atoms with Gasteiger partial charge in [0, 0.05) is 40.0 Å². The van der Waals surface area contributed by atoms with Gasteiger partial charge in [-0.2, -0.15) is 0 Å². The zero-order chi connectivity index (χ0) is 16.3. The number of nitrogens with one attached hydrogen (secondary N) is 1. The number of ether oxygens (including phenoxy) is 2. The van der Waals surface area contributed by atoms with Gasteiger partial charge in [-0.3, -0.25) is 0 Å². The number of hydrogen-bond acceptors (Lipinski definition) is 4. The van der Waals surface area contributed by atoms with Crippen molar-refractivity contribution in [1.82, 2.24) is 10.2 Å². The molecule has 2 rings (SSSR count). The Labute approximate surface area is 138 Å². The van der Waals surface area contributed by atoms with E-state index in [1.54, 1.807) is 13.4 Å². The van der Waals surface area contributed by atoms with Crippen molar-refractivity contribution in [3.63, 3.8) is 0 Å². The van der Waals surface area contributed by atoms with Gasteiger partial charge in [-0.15, -0.1) is 0 Å². The van der Waals surface area contributed by atoms with Crippen LogP contribution in [-0.2, 0) is 16.0 Å². The molecule has 0 amide bonds. The van der Waals surface area contributed by atoms with Gasteiger partial charge in [0.25, 0.3) is 0 Å². The Morgan fingerprint density at radius 2 is 2.22 bits per heavy atom. The lowest BCUT2D eigenvalue weighted by Crippen LogP contribution is -2.47. The van der Waals surface area contributed by atoms with Gasteiger partial charge >= 0.3 is 0 Å². The topological polar surface area (TPSA) is 59.2 Å². The molecule has 0 aliphatic carbocycles. The van der Waals surface area contributed by atoms with E-state index in [-0.39, 0.29) is 0 Å². The minimum atomic E-state index is 0.357. The average molecular weight is 323 g/mol. The van der Waals surface area contributed by atoms with Crippen molar-refractivity contribution in [2.45, 2.75) is 38.8 Å². The summed E-state index contributed by atoms with van der Waals surface area (Å²) in [6, 6.07) is 3.84. The first-order valence-corrected chi connectivity index (χ1v) is 8.49. The van der Waals surface area contributed by atoms with Crippen LogP contribution in [0.25, 0.3) is 0 Å². The molecule has 0 saturated carbocycles. The summed E-state index contributed by atoms with van der Waals surface area (Å²) in [5, 5.41) is 3.37. The maximum Gasteiger partial charge on any atom is 0.194 e. The fraction of sp³-hybridized carbons (Fsp3) is 0.706. The van der Waals surface area contributed by atoms with Gasteiger partial charge in [-0.05, 0) is 38.3 Å². The highest BCUT2D eigenvalue weighted by atomic mass is 16.5. The molecule has 2 heterocycles. The second kappa shape index (κ2) is 10.3. The number of piperidine rings is 1. The molecule has 0 bridgehead atoms. The van der Waals surface area contributed by atoms with Crippen LogP contribution in [0.2, 0.25) is 0 Å². The van der Waals surface area contributed by atoms with Gasteiger partial charge in [-0.25, -0.2) is 4.99 Å². The first-order valence-electron chi connectivity index (χ1n) is 8.49. The van der Waals surface area contributed by atoms with Gasteiger partial charge in [0.15, 0.2) is 5.96 Å². The summed E-state index contributed by atoms with van der Waals surface area (Å²) in [6.45, 7) is 7.02. The van der Waals surface area contributed by atoms with Crippen molar-refractivity contribution in [2.24, 2.45) is 4.99 Å². The van der Waals surface area contributed by atoms with Crippen molar-refractivity contribution in [1.29, 1.82) is 0 Å². The third kappa shape index (κ3) is 6.23. The molecule has 0 radical (unpaired) electrons. The second-order valence-corrected chi connectivity index (χ2v) is 5.65. The highest BCUT2D eigenvalue weighted by Crippen LogP contribution is 2.14. The molecule has 1 aromatic rings. The van der Waals surface area contributed by atoms with Crippen LogP contribution in [0, 0.1) is 0 Å². The summed E-state index contributed by atoms with van der Waals surface area (Å²) in [5.74, 6) is 1.85. The van der Waals surface area contributed by atoms with E-state index < -0.39 is 0 Å². The summed E-state index contributed by atoms with van der Waals surface area (Å²) in [4.78, 5) is 6.98. The lowest BCUT2D eigenvalue weighted by atomic mass is 10.1. The number of methoxy groups -OCH3 is 1. The predicted molar refractivity (Wildman–Crippen MR) is 90.6 cm³/mol. The van der Waals surface area contributed by atoms with Crippen molar-refractivity contribution in [3.8, 4) is 0 Å². The van der Waals surface area contributed by atoms with E-state index in [4.69, 9.17) is 13.9 Å². The van der Waals surface area contributed by atoms with Crippen LogP contribution in [-0.4, -0.2) is 56.9 Å². The Morgan fingerprint density at radius 1 is 1.39 bits per heavy atom. The lowest BCUT2D eigenvalue weighted by molar-refractivity contribution is 0.00989.